The molecule has 1 amide bonds. The monoisotopic (exact) mass is 334 g/mol. The van der Waals surface area contributed by atoms with Gasteiger partial charge in [0, 0.05) is 10.7 Å². The number of nitrogens with zero attached hydrogens (tertiary/aromatic N) is 1. The predicted molar refractivity (Wildman–Crippen MR) is 82.0 cm³/mol. The van der Waals surface area contributed by atoms with Gasteiger partial charge in [-0.05, 0) is 52.2 Å². The highest BCUT2D eigenvalue weighted by molar-refractivity contribution is 9.10. The highest BCUT2D eigenvalue weighted by Gasteiger charge is 2.07. The zero-order chi connectivity index (χ0) is 14.5. The van der Waals surface area contributed by atoms with Gasteiger partial charge in [-0.15, -0.1) is 0 Å². The first-order valence-electron chi connectivity index (χ1n) is 6.13. The van der Waals surface area contributed by atoms with Crippen LogP contribution >= 0.6 is 15.9 Å². The van der Waals surface area contributed by atoms with Gasteiger partial charge >= 0.3 is 0 Å². The topological polar surface area (TPSA) is 51.2 Å². The molecule has 104 valence electrons. The van der Waals surface area contributed by atoms with Crippen molar-refractivity contribution < 1.29 is 9.53 Å². The van der Waals surface area contributed by atoms with Gasteiger partial charge in [-0.25, -0.2) is 4.98 Å². The molecule has 2 aromatic rings. The number of amides is 1. The molecule has 0 atom stereocenters. The van der Waals surface area contributed by atoms with Crippen molar-refractivity contribution in [2.24, 2.45) is 0 Å². The Balaban J connectivity index is 2.01. The lowest BCUT2D eigenvalue weighted by atomic mass is 10.1. The van der Waals surface area contributed by atoms with Crippen LogP contribution in [0.2, 0.25) is 0 Å². The number of hydrogen-bond donors (Lipinski definition) is 1. The molecule has 4 nitrogen and oxygen atoms in total. The number of rotatable bonds is 4. The molecule has 0 aliphatic heterocycles. The number of aromatic nitrogens is 1. The molecular formula is C15H15BrN2O2. The molecular weight excluding hydrogens is 320 g/mol. The third-order valence-electron chi connectivity index (χ3n) is 2.82. The van der Waals surface area contributed by atoms with Crippen molar-refractivity contribution in [3.05, 3.63) is 52.1 Å². The Hall–Kier alpha value is -1.88. The van der Waals surface area contributed by atoms with Gasteiger partial charge in [-0.2, -0.15) is 0 Å². The molecule has 1 N–H and O–H groups in total. The molecule has 0 bridgehead atoms. The van der Waals surface area contributed by atoms with Crippen LogP contribution in [0.1, 0.15) is 11.1 Å². The standard InChI is InChI=1S/C15H15BrN2O2/c1-10-7-11(3-5-13(10)20-2)8-15(19)18-14-6-4-12(16)9-17-14/h3-7,9H,8H2,1-2H3,(H,17,18,19). The van der Waals surface area contributed by atoms with Gasteiger partial charge in [0.2, 0.25) is 5.91 Å². The van der Waals surface area contributed by atoms with Crippen molar-refractivity contribution in [2.45, 2.75) is 13.3 Å². The van der Waals surface area contributed by atoms with Gasteiger partial charge in [0.15, 0.2) is 0 Å². The van der Waals surface area contributed by atoms with E-state index in [1.165, 1.54) is 0 Å². The molecule has 2 rings (SSSR count). The molecule has 0 aliphatic rings. The van der Waals surface area contributed by atoms with E-state index in [9.17, 15) is 4.79 Å². The number of methoxy groups -OCH3 is 1. The first kappa shape index (κ1) is 14.5. The largest absolute Gasteiger partial charge is 0.496 e. The van der Waals surface area contributed by atoms with Gasteiger partial charge in [0.1, 0.15) is 11.6 Å². The number of benzene rings is 1. The maximum absolute atomic E-state index is 11.9. The Morgan fingerprint density at radius 2 is 2.15 bits per heavy atom. The summed E-state index contributed by atoms with van der Waals surface area (Å²) in [6.07, 6.45) is 1.95. The number of halogens is 1. The smallest absolute Gasteiger partial charge is 0.229 e. The summed E-state index contributed by atoms with van der Waals surface area (Å²) in [6.45, 7) is 1.95. The summed E-state index contributed by atoms with van der Waals surface area (Å²) in [4.78, 5) is 16.0. The molecule has 0 saturated heterocycles. The van der Waals surface area contributed by atoms with Crippen LogP contribution in [-0.4, -0.2) is 18.0 Å². The molecule has 0 spiro atoms. The minimum absolute atomic E-state index is 0.0932. The van der Waals surface area contributed by atoms with E-state index in [4.69, 9.17) is 4.74 Å². The van der Waals surface area contributed by atoms with Crippen LogP contribution in [0.25, 0.3) is 0 Å². The SMILES string of the molecule is COc1ccc(CC(=O)Nc2ccc(Br)cn2)cc1C. The average molecular weight is 335 g/mol. The Kier molecular flexibility index (Phi) is 4.74. The van der Waals surface area contributed by atoms with Gasteiger partial charge < -0.3 is 10.1 Å². The Bertz CT molecular complexity index is 612. The van der Waals surface area contributed by atoms with E-state index < -0.39 is 0 Å². The fourth-order valence-corrected chi connectivity index (χ4v) is 2.11. The summed E-state index contributed by atoms with van der Waals surface area (Å²) >= 11 is 3.30. The van der Waals surface area contributed by atoms with Gasteiger partial charge in [0.05, 0.1) is 13.5 Å². The van der Waals surface area contributed by atoms with E-state index >= 15 is 0 Å². The van der Waals surface area contributed by atoms with Gasteiger partial charge in [0.25, 0.3) is 0 Å². The molecule has 0 radical (unpaired) electrons. The zero-order valence-corrected chi connectivity index (χ0v) is 12.9. The van der Waals surface area contributed by atoms with E-state index in [2.05, 4.69) is 26.2 Å². The van der Waals surface area contributed by atoms with E-state index in [1.807, 2.05) is 31.2 Å². The third kappa shape index (κ3) is 3.81. The van der Waals surface area contributed by atoms with Crippen LogP contribution in [0.4, 0.5) is 5.82 Å². The fraction of sp³-hybridized carbons (Fsp3) is 0.200. The molecule has 0 unspecified atom stereocenters. The van der Waals surface area contributed by atoms with Crippen molar-refractivity contribution in [3.8, 4) is 5.75 Å². The second-order valence-electron chi connectivity index (χ2n) is 4.39. The van der Waals surface area contributed by atoms with Crippen LogP contribution < -0.4 is 10.1 Å². The minimum atomic E-state index is -0.0932. The van der Waals surface area contributed by atoms with Gasteiger partial charge in [-0.3, -0.25) is 4.79 Å². The molecule has 1 aromatic carbocycles. The number of hydrogen-bond acceptors (Lipinski definition) is 3. The number of anilines is 1. The number of carbonyl (C=O) groups excluding carboxylic acids is 1. The summed E-state index contributed by atoms with van der Waals surface area (Å²) in [5, 5.41) is 2.76. The minimum Gasteiger partial charge on any atom is -0.496 e. The summed E-state index contributed by atoms with van der Waals surface area (Å²) in [7, 11) is 1.63. The number of carbonyl (C=O) groups is 1. The van der Waals surface area contributed by atoms with Crippen LogP contribution in [0.5, 0.6) is 5.75 Å². The first-order valence-corrected chi connectivity index (χ1v) is 6.92. The summed E-state index contributed by atoms with van der Waals surface area (Å²) < 4.78 is 6.07. The van der Waals surface area contributed by atoms with Gasteiger partial charge in [-0.1, -0.05) is 12.1 Å². The highest BCUT2D eigenvalue weighted by atomic mass is 79.9. The molecule has 20 heavy (non-hydrogen) atoms. The fourth-order valence-electron chi connectivity index (χ4n) is 1.87. The Morgan fingerprint density at radius 3 is 2.75 bits per heavy atom. The summed E-state index contributed by atoms with van der Waals surface area (Å²) in [6, 6.07) is 9.30. The van der Waals surface area contributed by atoms with E-state index in [0.717, 1.165) is 21.3 Å². The number of aryl methyl sites for hydroxylation is 1. The summed E-state index contributed by atoms with van der Waals surface area (Å²) in [5.41, 5.74) is 1.96. The second-order valence-corrected chi connectivity index (χ2v) is 5.31. The molecule has 0 aliphatic carbocycles. The number of ether oxygens (including phenoxy) is 1. The highest BCUT2D eigenvalue weighted by Crippen LogP contribution is 2.19. The van der Waals surface area contributed by atoms with E-state index in [0.29, 0.717) is 12.2 Å². The van der Waals surface area contributed by atoms with E-state index in [1.54, 1.807) is 19.4 Å². The lowest BCUT2D eigenvalue weighted by Gasteiger charge is -2.08. The molecule has 5 heteroatoms. The van der Waals surface area contributed by atoms with Crippen molar-refractivity contribution in [3.63, 3.8) is 0 Å². The number of nitrogens with one attached hydrogen (secondary N) is 1. The summed E-state index contributed by atoms with van der Waals surface area (Å²) in [5.74, 6) is 1.27. The number of pyridine rings is 1. The Morgan fingerprint density at radius 1 is 1.35 bits per heavy atom. The molecule has 0 saturated carbocycles. The first-order chi connectivity index (χ1) is 9.58. The second kappa shape index (κ2) is 6.52. The van der Waals surface area contributed by atoms with Crippen LogP contribution in [-0.2, 0) is 11.2 Å². The maximum atomic E-state index is 11.9. The lowest BCUT2D eigenvalue weighted by Crippen LogP contribution is -2.15. The molecule has 1 heterocycles. The Labute approximate surface area is 126 Å². The lowest BCUT2D eigenvalue weighted by molar-refractivity contribution is -0.115. The van der Waals surface area contributed by atoms with E-state index in [-0.39, 0.29) is 5.91 Å². The van der Waals surface area contributed by atoms with Crippen LogP contribution in [0, 0.1) is 6.92 Å². The van der Waals surface area contributed by atoms with Crippen molar-refractivity contribution >= 4 is 27.7 Å². The normalized spacial score (nSPS) is 10.2. The third-order valence-corrected chi connectivity index (χ3v) is 3.29. The predicted octanol–water partition coefficient (Wildman–Crippen LogP) is 3.34. The van der Waals surface area contributed by atoms with Crippen molar-refractivity contribution in [2.75, 3.05) is 12.4 Å². The molecule has 1 aromatic heterocycles. The average Bonchev–Trinajstić information content (AvgIpc) is 2.41. The maximum Gasteiger partial charge on any atom is 0.229 e. The quantitative estimate of drug-likeness (QED) is 0.932. The van der Waals surface area contributed by atoms with Crippen LogP contribution in [0.3, 0.4) is 0 Å². The van der Waals surface area contributed by atoms with Crippen LogP contribution in [0.15, 0.2) is 41.0 Å². The van der Waals surface area contributed by atoms with Crippen molar-refractivity contribution in [1.82, 2.24) is 4.98 Å². The van der Waals surface area contributed by atoms with Crippen molar-refractivity contribution in [1.29, 1.82) is 0 Å². The zero-order valence-electron chi connectivity index (χ0n) is 11.3. The molecule has 0 fully saturated rings.